The molecular formula is C15H23NO2. The second-order valence-corrected chi connectivity index (χ2v) is 5.89. The normalized spacial score (nSPS) is 21.1. The van der Waals surface area contributed by atoms with Gasteiger partial charge in [0.25, 0.3) is 0 Å². The fourth-order valence-electron chi connectivity index (χ4n) is 2.43. The van der Waals surface area contributed by atoms with Crippen molar-refractivity contribution in [3.05, 3.63) is 29.8 Å². The molecule has 0 aliphatic carbocycles. The third-order valence-electron chi connectivity index (χ3n) is 3.40. The van der Waals surface area contributed by atoms with Gasteiger partial charge in [-0.05, 0) is 17.0 Å². The molecule has 0 saturated carbocycles. The van der Waals surface area contributed by atoms with E-state index >= 15 is 0 Å². The van der Waals surface area contributed by atoms with Gasteiger partial charge >= 0.3 is 0 Å². The Balaban J connectivity index is 2.27. The largest absolute Gasteiger partial charge is 0.394 e. The van der Waals surface area contributed by atoms with Gasteiger partial charge in [0.05, 0.1) is 19.3 Å². The van der Waals surface area contributed by atoms with Gasteiger partial charge in [0.1, 0.15) is 0 Å². The molecule has 18 heavy (non-hydrogen) atoms. The van der Waals surface area contributed by atoms with Crippen LogP contribution in [0.4, 0.5) is 5.69 Å². The van der Waals surface area contributed by atoms with Crippen LogP contribution in [0.15, 0.2) is 24.3 Å². The molecule has 0 spiro atoms. The Morgan fingerprint density at radius 2 is 2.06 bits per heavy atom. The SMILES string of the molecule is CC(C)(C)c1ccccc1N1CCOC(CO)C1. The van der Waals surface area contributed by atoms with Crippen LogP contribution in [0.1, 0.15) is 26.3 Å². The highest BCUT2D eigenvalue weighted by molar-refractivity contribution is 5.56. The summed E-state index contributed by atoms with van der Waals surface area (Å²) in [6.45, 7) is 9.13. The quantitative estimate of drug-likeness (QED) is 0.872. The number of rotatable bonds is 2. The lowest BCUT2D eigenvalue weighted by Gasteiger charge is -2.37. The molecule has 1 aromatic rings. The zero-order valence-electron chi connectivity index (χ0n) is 11.5. The van der Waals surface area contributed by atoms with Crippen LogP contribution < -0.4 is 4.90 Å². The first kappa shape index (κ1) is 13.4. The fraction of sp³-hybridized carbons (Fsp3) is 0.600. The summed E-state index contributed by atoms with van der Waals surface area (Å²) < 4.78 is 5.51. The third kappa shape index (κ3) is 2.85. The van der Waals surface area contributed by atoms with E-state index in [9.17, 15) is 5.11 Å². The van der Waals surface area contributed by atoms with Crippen molar-refractivity contribution >= 4 is 5.69 Å². The summed E-state index contributed by atoms with van der Waals surface area (Å²) in [6.07, 6.45) is -0.0632. The van der Waals surface area contributed by atoms with E-state index in [-0.39, 0.29) is 18.1 Å². The summed E-state index contributed by atoms with van der Waals surface area (Å²) >= 11 is 0. The van der Waals surface area contributed by atoms with E-state index in [0.29, 0.717) is 6.61 Å². The molecule has 3 heteroatoms. The highest BCUT2D eigenvalue weighted by atomic mass is 16.5. The van der Waals surface area contributed by atoms with Crippen molar-refractivity contribution < 1.29 is 9.84 Å². The molecule has 1 N–H and O–H groups in total. The molecule has 0 radical (unpaired) electrons. The molecule has 1 atom stereocenters. The Hall–Kier alpha value is -1.06. The van der Waals surface area contributed by atoms with E-state index < -0.39 is 0 Å². The molecule has 0 aromatic heterocycles. The number of aliphatic hydroxyl groups excluding tert-OH is 1. The molecule has 100 valence electrons. The molecule has 0 bridgehead atoms. The van der Waals surface area contributed by atoms with Crippen LogP contribution in [0.2, 0.25) is 0 Å². The molecule has 1 saturated heterocycles. The fourth-order valence-corrected chi connectivity index (χ4v) is 2.43. The Labute approximate surface area is 109 Å². The van der Waals surface area contributed by atoms with E-state index in [0.717, 1.165) is 13.1 Å². The standard InChI is InChI=1S/C15H23NO2/c1-15(2,3)13-6-4-5-7-14(13)16-8-9-18-12(10-16)11-17/h4-7,12,17H,8-11H2,1-3H3. The summed E-state index contributed by atoms with van der Waals surface area (Å²) in [7, 11) is 0. The summed E-state index contributed by atoms with van der Waals surface area (Å²) in [5.41, 5.74) is 2.75. The molecule has 1 aromatic carbocycles. The number of anilines is 1. The maximum atomic E-state index is 9.23. The van der Waals surface area contributed by atoms with Crippen molar-refractivity contribution in [3.8, 4) is 0 Å². The smallest absolute Gasteiger partial charge is 0.0980 e. The number of hydrogen-bond donors (Lipinski definition) is 1. The highest BCUT2D eigenvalue weighted by Gasteiger charge is 2.25. The monoisotopic (exact) mass is 249 g/mol. The molecule has 1 heterocycles. The van der Waals surface area contributed by atoms with Gasteiger partial charge in [-0.1, -0.05) is 39.0 Å². The van der Waals surface area contributed by atoms with E-state index in [1.54, 1.807) is 0 Å². The van der Waals surface area contributed by atoms with Crippen LogP contribution in [0.5, 0.6) is 0 Å². The van der Waals surface area contributed by atoms with Gasteiger partial charge < -0.3 is 14.7 Å². The van der Waals surface area contributed by atoms with Gasteiger partial charge in [-0.2, -0.15) is 0 Å². The summed E-state index contributed by atoms with van der Waals surface area (Å²) in [6, 6.07) is 8.53. The van der Waals surface area contributed by atoms with Crippen molar-refractivity contribution in [3.63, 3.8) is 0 Å². The predicted molar refractivity (Wildman–Crippen MR) is 74.2 cm³/mol. The van der Waals surface area contributed by atoms with Crippen molar-refractivity contribution in [1.29, 1.82) is 0 Å². The first-order chi connectivity index (χ1) is 8.52. The lowest BCUT2D eigenvalue weighted by atomic mass is 9.85. The van der Waals surface area contributed by atoms with Gasteiger partial charge in [0.2, 0.25) is 0 Å². The second kappa shape index (κ2) is 5.29. The Kier molecular flexibility index (Phi) is 3.93. The molecule has 1 aliphatic heterocycles. The minimum atomic E-state index is -0.0632. The lowest BCUT2D eigenvalue weighted by Crippen LogP contribution is -2.44. The summed E-state index contributed by atoms with van der Waals surface area (Å²) in [4.78, 5) is 2.32. The molecule has 1 unspecified atom stereocenters. The van der Waals surface area contributed by atoms with Crippen LogP contribution in [0, 0.1) is 0 Å². The van der Waals surface area contributed by atoms with E-state index in [2.05, 4.69) is 49.9 Å². The number of benzene rings is 1. The third-order valence-corrected chi connectivity index (χ3v) is 3.40. The lowest BCUT2D eigenvalue weighted by molar-refractivity contribution is 0.00349. The molecule has 1 aliphatic rings. The second-order valence-electron chi connectivity index (χ2n) is 5.89. The number of hydrogen-bond acceptors (Lipinski definition) is 3. The maximum absolute atomic E-state index is 9.23. The zero-order chi connectivity index (χ0) is 13.2. The van der Waals surface area contributed by atoms with Crippen LogP contribution in [-0.4, -0.2) is 37.5 Å². The topological polar surface area (TPSA) is 32.7 Å². The minimum Gasteiger partial charge on any atom is -0.394 e. The van der Waals surface area contributed by atoms with E-state index in [1.807, 2.05) is 0 Å². The first-order valence-corrected chi connectivity index (χ1v) is 6.59. The first-order valence-electron chi connectivity index (χ1n) is 6.59. The average Bonchev–Trinajstić information content (AvgIpc) is 2.38. The van der Waals surface area contributed by atoms with Gasteiger partial charge in [0, 0.05) is 18.8 Å². The Bertz CT molecular complexity index is 398. The number of nitrogens with zero attached hydrogens (tertiary/aromatic N) is 1. The number of ether oxygens (including phenoxy) is 1. The van der Waals surface area contributed by atoms with Crippen LogP contribution >= 0.6 is 0 Å². The summed E-state index contributed by atoms with van der Waals surface area (Å²) in [5.74, 6) is 0. The average molecular weight is 249 g/mol. The van der Waals surface area contributed by atoms with Crippen molar-refractivity contribution in [2.75, 3.05) is 31.2 Å². The Morgan fingerprint density at radius 3 is 2.72 bits per heavy atom. The van der Waals surface area contributed by atoms with Gasteiger partial charge in [-0.25, -0.2) is 0 Å². The number of morpholine rings is 1. The molecule has 1 fully saturated rings. The molecule has 3 nitrogen and oxygen atoms in total. The number of aliphatic hydroxyl groups is 1. The minimum absolute atomic E-state index is 0.0632. The van der Waals surface area contributed by atoms with Crippen molar-refractivity contribution in [2.45, 2.75) is 32.3 Å². The predicted octanol–water partition coefficient (Wildman–Crippen LogP) is 2.18. The Morgan fingerprint density at radius 1 is 1.33 bits per heavy atom. The maximum Gasteiger partial charge on any atom is 0.0980 e. The van der Waals surface area contributed by atoms with Crippen LogP contribution in [0.25, 0.3) is 0 Å². The van der Waals surface area contributed by atoms with Gasteiger partial charge in [-0.3, -0.25) is 0 Å². The van der Waals surface area contributed by atoms with Crippen molar-refractivity contribution in [2.24, 2.45) is 0 Å². The van der Waals surface area contributed by atoms with Gasteiger partial charge in [0.15, 0.2) is 0 Å². The molecule has 2 rings (SSSR count). The van der Waals surface area contributed by atoms with Crippen LogP contribution in [0.3, 0.4) is 0 Å². The highest BCUT2D eigenvalue weighted by Crippen LogP contribution is 2.32. The molecule has 0 amide bonds. The molecular weight excluding hydrogens is 226 g/mol. The van der Waals surface area contributed by atoms with Crippen LogP contribution in [-0.2, 0) is 10.2 Å². The number of para-hydroxylation sites is 1. The summed E-state index contributed by atoms with van der Waals surface area (Å²) in [5, 5.41) is 9.23. The van der Waals surface area contributed by atoms with Gasteiger partial charge in [-0.15, -0.1) is 0 Å². The zero-order valence-corrected chi connectivity index (χ0v) is 11.5. The van der Waals surface area contributed by atoms with Crippen molar-refractivity contribution in [1.82, 2.24) is 0 Å². The van der Waals surface area contributed by atoms with E-state index in [4.69, 9.17) is 4.74 Å². The van der Waals surface area contributed by atoms with E-state index in [1.165, 1.54) is 11.3 Å².